The minimum atomic E-state index is 0.00563. The standard InChI is InChI=1S/C12H17N.C11H11NO.C2H6/c1-9(2)10-5-3-7-12-11(10)6-4-8-13-12;1-8-6-9(7-13)12-11-5-3-2-4-10(8)11;1-2/h3,5,7,9,13H,4,6,8H2,1-2H3;2-6,13H,7H2,1H3;1-2H3. The third-order valence-electron chi connectivity index (χ3n) is 4.89. The molecule has 150 valence electrons. The van der Waals surface area contributed by atoms with E-state index in [9.17, 15) is 0 Å². The normalized spacial score (nSPS) is 12.2. The predicted molar refractivity (Wildman–Crippen MR) is 121 cm³/mol. The fourth-order valence-corrected chi connectivity index (χ4v) is 3.58. The van der Waals surface area contributed by atoms with Crippen LogP contribution in [0.2, 0.25) is 0 Å². The molecule has 3 aromatic rings. The van der Waals surface area contributed by atoms with Crippen LogP contribution in [0.25, 0.3) is 10.9 Å². The summed E-state index contributed by atoms with van der Waals surface area (Å²) in [4.78, 5) is 4.30. The summed E-state index contributed by atoms with van der Waals surface area (Å²) in [5, 5.41) is 13.6. The molecule has 0 saturated carbocycles. The molecule has 1 aliphatic heterocycles. The lowest BCUT2D eigenvalue weighted by atomic mass is 9.91. The molecule has 0 radical (unpaired) electrons. The molecule has 0 unspecified atom stereocenters. The van der Waals surface area contributed by atoms with E-state index in [1.165, 1.54) is 24.1 Å². The van der Waals surface area contributed by atoms with Crippen LogP contribution >= 0.6 is 0 Å². The van der Waals surface area contributed by atoms with Gasteiger partial charge in [-0.1, -0.05) is 58.0 Å². The monoisotopic (exact) mass is 378 g/mol. The smallest absolute Gasteiger partial charge is 0.0853 e. The lowest BCUT2D eigenvalue weighted by Crippen LogP contribution is -2.13. The van der Waals surface area contributed by atoms with Crippen molar-refractivity contribution in [2.75, 3.05) is 11.9 Å². The summed E-state index contributed by atoms with van der Waals surface area (Å²) in [5.74, 6) is 0.648. The zero-order valence-corrected chi connectivity index (χ0v) is 17.9. The molecule has 0 amide bonds. The Morgan fingerprint density at radius 2 is 1.82 bits per heavy atom. The zero-order chi connectivity index (χ0) is 20.5. The molecule has 2 aromatic carbocycles. The molecule has 2 N–H and O–H groups in total. The molecular formula is C25H34N2O. The first-order chi connectivity index (χ1) is 13.6. The maximum absolute atomic E-state index is 8.96. The number of aromatic nitrogens is 1. The van der Waals surface area contributed by atoms with Crippen molar-refractivity contribution in [2.24, 2.45) is 0 Å². The second-order valence-corrected chi connectivity index (χ2v) is 7.16. The van der Waals surface area contributed by atoms with Gasteiger partial charge in [0, 0.05) is 17.6 Å². The number of benzene rings is 2. The molecule has 3 nitrogen and oxygen atoms in total. The second-order valence-electron chi connectivity index (χ2n) is 7.16. The first-order valence-electron chi connectivity index (χ1n) is 10.4. The van der Waals surface area contributed by atoms with Gasteiger partial charge in [-0.25, -0.2) is 0 Å². The van der Waals surface area contributed by atoms with Gasteiger partial charge in [0.15, 0.2) is 0 Å². The molecule has 1 aliphatic rings. The van der Waals surface area contributed by atoms with E-state index >= 15 is 0 Å². The van der Waals surface area contributed by atoms with Gasteiger partial charge in [-0.2, -0.15) is 0 Å². The van der Waals surface area contributed by atoms with Crippen molar-refractivity contribution < 1.29 is 5.11 Å². The van der Waals surface area contributed by atoms with E-state index in [0.29, 0.717) is 5.92 Å². The van der Waals surface area contributed by atoms with Gasteiger partial charge in [-0.15, -0.1) is 0 Å². The summed E-state index contributed by atoms with van der Waals surface area (Å²) in [7, 11) is 0. The number of aliphatic hydroxyl groups is 1. The van der Waals surface area contributed by atoms with Crippen molar-refractivity contribution >= 4 is 16.6 Å². The number of fused-ring (bicyclic) bond motifs is 2. The minimum absolute atomic E-state index is 0.00563. The van der Waals surface area contributed by atoms with Crippen LogP contribution in [0.3, 0.4) is 0 Å². The number of para-hydroxylation sites is 1. The Hall–Kier alpha value is -2.39. The highest BCUT2D eigenvalue weighted by atomic mass is 16.3. The number of aryl methyl sites for hydroxylation is 1. The number of nitrogens with one attached hydrogen (secondary N) is 1. The minimum Gasteiger partial charge on any atom is -0.390 e. The van der Waals surface area contributed by atoms with Crippen LogP contribution < -0.4 is 5.32 Å². The number of hydrogen-bond acceptors (Lipinski definition) is 3. The third kappa shape index (κ3) is 5.32. The topological polar surface area (TPSA) is 45.1 Å². The summed E-state index contributed by atoms with van der Waals surface area (Å²) in [5.41, 5.74) is 7.27. The van der Waals surface area contributed by atoms with Crippen LogP contribution in [0.1, 0.15) is 62.4 Å². The summed E-state index contributed by atoms with van der Waals surface area (Å²) in [6.07, 6.45) is 2.52. The molecule has 3 heteroatoms. The summed E-state index contributed by atoms with van der Waals surface area (Å²) < 4.78 is 0. The fourth-order valence-electron chi connectivity index (χ4n) is 3.58. The molecule has 2 heterocycles. The van der Waals surface area contributed by atoms with Gasteiger partial charge in [0.25, 0.3) is 0 Å². The van der Waals surface area contributed by atoms with Crippen LogP contribution in [0.5, 0.6) is 0 Å². The zero-order valence-electron chi connectivity index (χ0n) is 17.9. The lowest BCUT2D eigenvalue weighted by molar-refractivity contribution is 0.277. The van der Waals surface area contributed by atoms with Crippen molar-refractivity contribution in [1.29, 1.82) is 0 Å². The predicted octanol–water partition coefficient (Wildman–Crippen LogP) is 6.23. The van der Waals surface area contributed by atoms with Crippen molar-refractivity contribution in [3.05, 3.63) is 70.9 Å². The second kappa shape index (κ2) is 10.8. The van der Waals surface area contributed by atoms with E-state index in [2.05, 4.69) is 42.3 Å². The average Bonchev–Trinajstić information content (AvgIpc) is 2.75. The Morgan fingerprint density at radius 3 is 2.54 bits per heavy atom. The van der Waals surface area contributed by atoms with E-state index in [1.807, 2.05) is 51.1 Å². The van der Waals surface area contributed by atoms with E-state index in [1.54, 1.807) is 5.56 Å². The van der Waals surface area contributed by atoms with Crippen LogP contribution in [0, 0.1) is 6.92 Å². The largest absolute Gasteiger partial charge is 0.390 e. The van der Waals surface area contributed by atoms with Crippen molar-refractivity contribution in [3.8, 4) is 0 Å². The number of hydrogen-bond donors (Lipinski definition) is 2. The maximum atomic E-state index is 8.96. The van der Waals surface area contributed by atoms with E-state index in [4.69, 9.17) is 5.11 Å². The van der Waals surface area contributed by atoms with Crippen molar-refractivity contribution in [1.82, 2.24) is 4.98 Å². The fraction of sp³-hybridized carbons (Fsp3) is 0.400. The first-order valence-corrected chi connectivity index (χ1v) is 10.4. The van der Waals surface area contributed by atoms with Gasteiger partial charge in [0.2, 0.25) is 0 Å². The highest BCUT2D eigenvalue weighted by Gasteiger charge is 2.13. The summed E-state index contributed by atoms with van der Waals surface area (Å²) in [6, 6.07) is 16.5. The van der Waals surface area contributed by atoms with Gasteiger partial charge in [-0.3, -0.25) is 4.98 Å². The lowest BCUT2D eigenvalue weighted by Gasteiger charge is -2.22. The first kappa shape index (κ1) is 21.9. The highest BCUT2D eigenvalue weighted by molar-refractivity contribution is 5.81. The molecule has 0 aliphatic carbocycles. The van der Waals surface area contributed by atoms with Crippen LogP contribution in [-0.2, 0) is 13.0 Å². The van der Waals surface area contributed by atoms with Crippen molar-refractivity contribution in [2.45, 2.75) is 60.0 Å². The Balaban J connectivity index is 0.000000184. The molecule has 0 saturated heterocycles. The van der Waals surface area contributed by atoms with Crippen LogP contribution in [0.15, 0.2) is 48.5 Å². The molecule has 0 atom stereocenters. The molecule has 0 spiro atoms. The molecule has 0 bridgehead atoms. The number of pyridine rings is 1. The summed E-state index contributed by atoms with van der Waals surface area (Å²) >= 11 is 0. The molecule has 4 rings (SSSR count). The third-order valence-corrected chi connectivity index (χ3v) is 4.89. The van der Waals surface area contributed by atoms with E-state index in [0.717, 1.165) is 28.7 Å². The van der Waals surface area contributed by atoms with E-state index < -0.39 is 0 Å². The van der Waals surface area contributed by atoms with Gasteiger partial charge < -0.3 is 10.4 Å². The van der Waals surface area contributed by atoms with Crippen LogP contribution in [0.4, 0.5) is 5.69 Å². The molecular weight excluding hydrogens is 344 g/mol. The van der Waals surface area contributed by atoms with Gasteiger partial charge in [-0.05, 0) is 60.6 Å². The molecule has 1 aromatic heterocycles. The number of anilines is 1. The van der Waals surface area contributed by atoms with Crippen molar-refractivity contribution in [3.63, 3.8) is 0 Å². The number of rotatable bonds is 2. The SMILES string of the molecule is CC.CC(C)c1cccc2c1CCCN2.Cc1cc(CO)nc2ccccc12. The van der Waals surface area contributed by atoms with E-state index in [-0.39, 0.29) is 6.61 Å². The van der Waals surface area contributed by atoms with Gasteiger partial charge in [0.05, 0.1) is 17.8 Å². The summed E-state index contributed by atoms with van der Waals surface area (Å²) in [6.45, 7) is 11.7. The Bertz CT molecular complexity index is 887. The van der Waals surface area contributed by atoms with Gasteiger partial charge >= 0.3 is 0 Å². The highest BCUT2D eigenvalue weighted by Crippen LogP contribution is 2.29. The van der Waals surface area contributed by atoms with Gasteiger partial charge in [0.1, 0.15) is 0 Å². The number of aliphatic hydroxyl groups excluding tert-OH is 1. The Morgan fingerprint density at radius 1 is 1.07 bits per heavy atom. The number of nitrogens with zero attached hydrogens (tertiary/aromatic N) is 1. The quantitative estimate of drug-likeness (QED) is 0.555. The Labute approximate surface area is 169 Å². The molecule has 0 fully saturated rings. The van der Waals surface area contributed by atoms with Crippen LogP contribution in [-0.4, -0.2) is 16.6 Å². The maximum Gasteiger partial charge on any atom is 0.0853 e. The Kier molecular flexibility index (Phi) is 8.46. The molecule has 28 heavy (non-hydrogen) atoms. The average molecular weight is 379 g/mol.